The molecule has 0 radical (unpaired) electrons. The Bertz CT molecular complexity index is 511. The Labute approximate surface area is 163 Å². The number of nitrogens with zero attached hydrogens (tertiary/aromatic N) is 1. The van der Waals surface area contributed by atoms with E-state index in [0.29, 0.717) is 12.1 Å². The second-order valence-corrected chi connectivity index (χ2v) is 6.51. The van der Waals surface area contributed by atoms with Crippen molar-refractivity contribution in [2.24, 2.45) is 0 Å². The molecule has 0 aromatic heterocycles. The third kappa shape index (κ3) is 5.81. The second kappa shape index (κ2) is 11.0. The molecule has 7 heteroatoms. The average Bonchev–Trinajstić information content (AvgIpc) is 3.08. The topological polar surface area (TPSA) is 45.8 Å². The number of rotatable bonds is 6. The van der Waals surface area contributed by atoms with E-state index in [1.54, 1.807) is 7.11 Å². The van der Waals surface area contributed by atoms with Gasteiger partial charge in [-0.2, -0.15) is 0 Å². The number of likely N-dealkylation sites (N-methyl/N-ethyl adjacent to an activating group) is 1. The van der Waals surface area contributed by atoms with E-state index in [-0.39, 0.29) is 24.8 Å². The molecule has 3 rings (SSSR count). The summed E-state index contributed by atoms with van der Waals surface area (Å²) in [4.78, 5) is 2.43. The number of halogens is 2. The molecule has 1 saturated carbocycles. The van der Waals surface area contributed by atoms with Gasteiger partial charge in [0.1, 0.15) is 0 Å². The van der Waals surface area contributed by atoms with Crippen LogP contribution in [-0.4, -0.2) is 52.5 Å². The number of hydrogen-bond acceptors (Lipinski definition) is 5. The number of ether oxygens (including phenoxy) is 2. The SMILES string of the molecule is CNCC1CN(c2ccc(OC)c(OC3CCCC3)c2)CCN1.Cl.Cl. The van der Waals surface area contributed by atoms with Crippen LogP contribution in [0.3, 0.4) is 0 Å². The van der Waals surface area contributed by atoms with Crippen molar-refractivity contribution in [3.8, 4) is 11.5 Å². The Kier molecular flexibility index (Phi) is 9.72. The van der Waals surface area contributed by atoms with Gasteiger partial charge < -0.3 is 25.0 Å². The van der Waals surface area contributed by atoms with E-state index in [9.17, 15) is 0 Å². The van der Waals surface area contributed by atoms with Gasteiger partial charge in [-0.1, -0.05) is 0 Å². The van der Waals surface area contributed by atoms with Crippen LogP contribution in [0.4, 0.5) is 5.69 Å². The van der Waals surface area contributed by atoms with Crippen LogP contribution in [0.5, 0.6) is 11.5 Å². The van der Waals surface area contributed by atoms with Crippen LogP contribution < -0.4 is 25.0 Å². The van der Waals surface area contributed by atoms with Gasteiger partial charge in [-0.05, 0) is 44.9 Å². The molecule has 2 aliphatic rings. The van der Waals surface area contributed by atoms with Gasteiger partial charge in [0.05, 0.1) is 13.2 Å². The standard InChI is InChI=1S/C18H29N3O2.2ClH/c1-19-12-14-13-21(10-9-20-14)15-7-8-17(22-2)18(11-15)23-16-5-3-4-6-16;;/h7-8,11,14,16,19-20H,3-6,9-10,12-13H2,1-2H3;2*1H. The first-order valence-electron chi connectivity index (χ1n) is 8.78. The molecule has 1 aromatic rings. The molecule has 0 spiro atoms. The summed E-state index contributed by atoms with van der Waals surface area (Å²) >= 11 is 0. The minimum absolute atomic E-state index is 0. The van der Waals surface area contributed by atoms with Crippen LogP contribution >= 0.6 is 24.8 Å². The first-order valence-corrected chi connectivity index (χ1v) is 8.78. The van der Waals surface area contributed by atoms with Crippen LogP contribution in [0.2, 0.25) is 0 Å². The number of piperazine rings is 1. The Balaban J connectivity index is 0.00000156. The molecule has 1 unspecified atom stereocenters. The molecule has 1 aliphatic carbocycles. The molecule has 0 bridgehead atoms. The van der Waals surface area contributed by atoms with Gasteiger partial charge in [0.2, 0.25) is 0 Å². The molecule has 2 fully saturated rings. The fraction of sp³-hybridized carbons (Fsp3) is 0.667. The number of nitrogens with one attached hydrogen (secondary N) is 2. The normalized spacial score (nSPS) is 20.6. The van der Waals surface area contributed by atoms with Crippen molar-refractivity contribution in [1.82, 2.24) is 10.6 Å². The molecule has 25 heavy (non-hydrogen) atoms. The average molecular weight is 392 g/mol. The maximum atomic E-state index is 6.22. The Morgan fingerprint density at radius 2 is 1.96 bits per heavy atom. The molecule has 0 amide bonds. The number of benzene rings is 1. The summed E-state index contributed by atoms with van der Waals surface area (Å²) in [6.07, 6.45) is 5.21. The monoisotopic (exact) mass is 391 g/mol. The zero-order valence-corrected chi connectivity index (χ0v) is 16.8. The maximum absolute atomic E-state index is 6.22. The zero-order valence-electron chi connectivity index (χ0n) is 15.1. The molecule has 1 atom stereocenters. The predicted molar refractivity (Wildman–Crippen MR) is 108 cm³/mol. The molecule has 1 saturated heterocycles. The highest BCUT2D eigenvalue weighted by Crippen LogP contribution is 2.35. The molecular weight excluding hydrogens is 361 g/mol. The Morgan fingerprint density at radius 3 is 2.64 bits per heavy atom. The van der Waals surface area contributed by atoms with Crippen molar-refractivity contribution in [3.63, 3.8) is 0 Å². The molecule has 2 N–H and O–H groups in total. The van der Waals surface area contributed by atoms with Gasteiger partial charge in [-0.15, -0.1) is 24.8 Å². The first-order chi connectivity index (χ1) is 11.3. The quantitative estimate of drug-likeness (QED) is 0.780. The van der Waals surface area contributed by atoms with Crippen molar-refractivity contribution >= 4 is 30.5 Å². The predicted octanol–water partition coefficient (Wildman–Crippen LogP) is 2.86. The molecule has 5 nitrogen and oxygen atoms in total. The smallest absolute Gasteiger partial charge is 0.163 e. The molecule has 1 heterocycles. The summed E-state index contributed by atoms with van der Waals surface area (Å²) in [7, 11) is 3.71. The van der Waals surface area contributed by atoms with Crippen LogP contribution in [0.25, 0.3) is 0 Å². The summed E-state index contributed by atoms with van der Waals surface area (Å²) < 4.78 is 11.7. The summed E-state index contributed by atoms with van der Waals surface area (Å²) in [6, 6.07) is 6.81. The Morgan fingerprint density at radius 1 is 1.20 bits per heavy atom. The highest BCUT2D eigenvalue weighted by atomic mass is 35.5. The van der Waals surface area contributed by atoms with Gasteiger partial charge in [-0.25, -0.2) is 0 Å². The van der Waals surface area contributed by atoms with Crippen molar-refractivity contribution in [3.05, 3.63) is 18.2 Å². The van der Waals surface area contributed by atoms with Crippen molar-refractivity contribution < 1.29 is 9.47 Å². The van der Waals surface area contributed by atoms with Crippen LogP contribution in [0, 0.1) is 0 Å². The van der Waals surface area contributed by atoms with Crippen LogP contribution in [0.15, 0.2) is 18.2 Å². The van der Waals surface area contributed by atoms with E-state index < -0.39 is 0 Å². The number of anilines is 1. The zero-order chi connectivity index (χ0) is 16.1. The fourth-order valence-corrected chi connectivity index (χ4v) is 3.58. The van der Waals surface area contributed by atoms with Gasteiger partial charge in [0.15, 0.2) is 11.5 Å². The van der Waals surface area contributed by atoms with E-state index in [1.807, 2.05) is 13.1 Å². The van der Waals surface area contributed by atoms with E-state index >= 15 is 0 Å². The van der Waals surface area contributed by atoms with Crippen molar-refractivity contribution in [2.45, 2.75) is 37.8 Å². The summed E-state index contributed by atoms with van der Waals surface area (Å²) in [6.45, 7) is 4.03. The Hall–Kier alpha value is -0.880. The summed E-state index contributed by atoms with van der Waals surface area (Å²) in [5.74, 6) is 1.73. The van der Waals surface area contributed by atoms with Crippen LogP contribution in [-0.2, 0) is 0 Å². The number of methoxy groups -OCH3 is 1. The fourth-order valence-electron chi connectivity index (χ4n) is 3.58. The van der Waals surface area contributed by atoms with Gasteiger partial charge in [-0.3, -0.25) is 0 Å². The van der Waals surface area contributed by atoms with E-state index in [2.05, 4.69) is 27.7 Å². The molecular formula is C18H31Cl2N3O2. The minimum atomic E-state index is 0. The molecule has 1 aliphatic heterocycles. The lowest BCUT2D eigenvalue weighted by Crippen LogP contribution is -2.54. The van der Waals surface area contributed by atoms with E-state index in [0.717, 1.165) is 50.5 Å². The lowest BCUT2D eigenvalue weighted by Gasteiger charge is -2.35. The number of hydrogen-bond donors (Lipinski definition) is 2. The van der Waals surface area contributed by atoms with Gasteiger partial charge in [0, 0.05) is 44.0 Å². The maximum Gasteiger partial charge on any atom is 0.163 e. The lowest BCUT2D eigenvalue weighted by molar-refractivity contribution is 0.201. The van der Waals surface area contributed by atoms with Gasteiger partial charge in [0.25, 0.3) is 0 Å². The summed E-state index contributed by atoms with van der Waals surface area (Å²) in [5.41, 5.74) is 1.22. The summed E-state index contributed by atoms with van der Waals surface area (Å²) in [5, 5.41) is 6.81. The third-order valence-corrected chi connectivity index (χ3v) is 4.81. The van der Waals surface area contributed by atoms with Crippen molar-refractivity contribution in [1.29, 1.82) is 0 Å². The molecule has 144 valence electrons. The second-order valence-electron chi connectivity index (χ2n) is 6.51. The minimum Gasteiger partial charge on any atom is -0.493 e. The largest absolute Gasteiger partial charge is 0.493 e. The van der Waals surface area contributed by atoms with Gasteiger partial charge >= 0.3 is 0 Å². The molecule has 1 aromatic carbocycles. The van der Waals surface area contributed by atoms with E-state index in [1.165, 1.54) is 18.5 Å². The first kappa shape index (κ1) is 22.2. The highest BCUT2D eigenvalue weighted by Gasteiger charge is 2.22. The highest BCUT2D eigenvalue weighted by molar-refractivity contribution is 5.85. The van der Waals surface area contributed by atoms with E-state index in [4.69, 9.17) is 9.47 Å². The lowest BCUT2D eigenvalue weighted by atomic mass is 10.1. The third-order valence-electron chi connectivity index (χ3n) is 4.81. The van der Waals surface area contributed by atoms with Crippen molar-refractivity contribution in [2.75, 3.05) is 45.2 Å². The van der Waals surface area contributed by atoms with Crippen LogP contribution in [0.1, 0.15) is 25.7 Å².